The van der Waals surface area contributed by atoms with Crippen LogP contribution in [0.4, 0.5) is 0 Å². The molecule has 8 fully saturated rings. The molecule has 0 unspecified atom stereocenters. The van der Waals surface area contributed by atoms with Gasteiger partial charge < -0.3 is 49.2 Å². The maximum atomic E-state index is 9.47. The van der Waals surface area contributed by atoms with E-state index in [4.69, 9.17) is 0 Å². The Morgan fingerprint density at radius 1 is 0.397 bits per heavy atom. The van der Waals surface area contributed by atoms with Crippen molar-refractivity contribution in [3.63, 3.8) is 0 Å². The Kier molecular flexibility index (Phi) is 31.0. The lowest BCUT2D eigenvalue weighted by molar-refractivity contribution is 0.000995. The molecule has 0 aliphatic carbocycles. The molecule has 0 saturated carbocycles. The van der Waals surface area contributed by atoms with Crippen LogP contribution in [0.15, 0.2) is 0 Å². The summed E-state index contributed by atoms with van der Waals surface area (Å²) in [5.74, 6) is 0.978. The molecule has 58 heavy (non-hydrogen) atoms. The van der Waals surface area contributed by atoms with Gasteiger partial charge in [-0.2, -0.15) is 0 Å². The topological polar surface area (TPSA) is 49.4 Å². The number of piperazine rings is 1. The molecule has 8 saturated heterocycles. The Bertz CT molecular complexity index is 872. The van der Waals surface area contributed by atoms with Crippen LogP contribution in [0.25, 0.3) is 0 Å². The van der Waals surface area contributed by atoms with Crippen LogP contribution in [0, 0.1) is 11.3 Å². The summed E-state index contributed by atoms with van der Waals surface area (Å²) in [5.41, 5.74) is 0.237. The summed E-state index contributed by atoms with van der Waals surface area (Å²) >= 11 is 0. The van der Waals surface area contributed by atoms with E-state index in [-0.39, 0.29) is 5.60 Å². The number of nitrogens with zero attached hydrogens (tertiary/aromatic N) is 9. The maximum absolute atomic E-state index is 9.47. The third kappa shape index (κ3) is 31.4. The molecular formula is C48H105N9O. The van der Waals surface area contributed by atoms with Crippen molar-refractivity contribution >= 4 is 0 Å². The first-order valence-corrected chi connectivity index (χ1v) is 24.3. The quantitative estimate of drug-likeness (QED) is 0.328. The minimum Gasteiger partial charge on any atom is -0.390 e. The van der Waals surface area contributed by atoms with Crippen LogP contribution in [0.3, 0.4) is 0 Å². The minimum absolute atomic E-state index is 0.382. The van der Waals surface area contributed by atoms with E-state index in [0.29, 0.717) is 5.41 Å². The molecular weight excluding hydrogens is 719 g/mol. The standard InChI is InChI=1S/C7H16N2.C7H15NO.C7H15N.3C6H13N.C5H11N.C4H9N/c1-3-9-6-4-8(2)5-7-9;1-7(9)3-5-8(2)6-4-7;1-7-3-5-8(2)6-4-7;1-6(2)4-7(3)5-6;2*1-7-5-3-2-4-6-7;1-6-4-2-3-5-6;1-5-3-2-4-5/h3-7H2,1-2H3;9H,3-6H2,1-2H3;7H,3-6H2,1-2H3;4-5H2,1-3H3;2*2-6H2,1H3;2-5H2,1H3;2-4H2,1H3. The second-order valence-electron chi connectivity index (χ2n) is 20.8. The van der Waals surface area contributed by atoms with Crippen LogP contribution < -0.4 is 0 Å². The van der Waals surface area contributed by atoms with Crippen molar-refractivity contribution in [2.24, 2.45) is 11.3 Å². The summed E-state index contributed by atoms with van der Waals surface area (Å²) in [4.78, 5) is 21.3. The number of aliphatic hydroxyl groups is 1. The normalized spacial score (nSPS) is 26.4. The number of hydrogen-bond acceptors (Lipinski definition) is 10. The van der Waals surface area contributed by atoms with Gasteiger partial charge in [0, 0.05) is 52.4 Å². The van der Waals surface area contributed by atoms with E-state index in [9.17, 15) is 5.11 Å². The van der Waals surface area contributed by atoms with Crippen molar-refractivity contribution in [1.29, 1.82) is 0 Å². The summed E-state index contributed by atoms with van der Waals surface area (Å²) in [5, 5.41) is 9.47. The van der Waals surface area contributed by atoms with Gasteiger partial charge in [0.2, 0.25) is 0 Å². The first-order chi connectivity index (χ1) is 27.4. The summed E-state index contributed by atoms with van der Waals surface area (Å²) in [6, 6.07) is 0. The van der Waals surface area contributed by atoms with E-state index in [2.05, 4.69) is 128 Å². The Balaban J connectivity index is 0.000000333. The van der Waals surface area contributed by atoms with E-state index in [1.54, 1.807) is 0 Å². The zero-order valence-corrected chi connectivity index (χ0v) is 41.7. The molecule has 10 nitrogen and oxygen atoms in total. The zero-order chi connectivity index (χ0) is 43.4. The van der Waals surface area contributed by atoms with E-state index in [1.165, 1.54) is 182 Å². The monoisotopic (exact) mass is 824 g/mol. The molecule has 0 bridgehead atoms. The fourth-order valence-electron chi connectivity index (χ4n) is 8.27. The number of piperidine rings is 4. The molecule has 0 spiro atoms. The molecule has 0 atom stereocenters. The maximum Gasteiger partial charge on any atom is 0.0644 e. The van der Waals surface area contributed by atoms with Crippen molar-refractivity contribution in [2.45, 2.75) is 124 Å². The Labute approximate surface area is 364 Å². The van der Waals surface area contributed by atoms with Crippen LogP contribution in [0.1, 0.15) is 118 Å². The molecule has 0 aromatic carbocycles. The van der Waals surface area contributed by atoms with Crippen LogP contribution in [0.5, 0.6) is 0 Å². The number of hydrogen-bond donors (Lipinski definition) is 1. The smallest absolute Gasteiger partial charge is 0.0644 e. The number of likely N-dealkylation sites (N-methyl/N-ethyl adjacent to an activating group) is 2. The lowest BCUT2D eigenvalue weighted by atomic mass is 9.85. The van der Waals surface area contributed by atoms with Crippen LogP contribution in [-0.2, 0) is 0 Å². The molecule has 1 N–H and O–H groups in total. The lowest BCUT2D eigenvalue weighted by Gasteiger charge is -2.43. The predicted molar refractivity (Wildman–Crippen MR) is 256 cm³/mol. The molecule has 0 amide bonds. The van der Waals surface area contributed by atoms with Gasteiger partial charge in [-0.15, -0.1) is 0 Å². The molecule has 8 aliphatic rings. The van der Waals surface area contributed by atoms with Crippen LogP contribution in [0.2, 0.25) is 0 Å². The SMILES string of the molecule is CC1CCN(C)CC1.CCN1CCN(C)CC1.CN1CC(C)(C)C1.CN1CCC(C)(O)CC1.CN1CCC1.CN1CCCC1.CN1CCCCC1.CN1CCCCC1. The van der Waals surface area contributed by atoms with Gasteiger partial charge in [0.1, 0.15) is 0 Å². The van der Waals surface area contributed by atoms with Gasteiger partial charge in [0.15, 0.2) is 0 Å². The van der Waals surface area contributed by atoms with Crippen molar-refractivity contribution in [2.75, 3.05) is 181 Å². The van der Waals surface area contributed by atoms with E-state index in [1.807, 2.05) is 6.92 Å². The van der Waals surface area contributed by atoms with Gasteiger partial charge in [0.05, 0.1) is 5.60 Å². The first kappa shape index (κ1) is 55.6. The summed E-state index contributed by atoms with van der Waals surface area (Å²) in [7, 11) is 17.3. The average molecular weight is 824 g/mol. The van der Waals surface area contributed by atoms with Crippen molar-refractivity contribution in [1.82, 2.24) is 44.1 Å². The zero-order valence-electron chi connectivity index (χ0n) is 41.7. The third-order valence-corrected chi connectivity index (χ3v) is 13.1. The molecule has 0 aromatic heterocycles. The van der Waals surface area contributed by atoms with Gasteiger partial charge in [-0.3, -0.25) is 0 Å². The Morgan fingerprint density at radius 2 is 0.707 bits per heavy atom. The van der Waals surface area contributed by atoms with E-state index in [0.717, 1.165) is 31.8 Å². The predicted octanol–water partition coefficient (Wildman–Crippen LogP) is 6.26. The number of likely N-dealkylation sites (tertiary alicyclic amines) is 7. The Hall–Kier alpha value is -0.400. The fraction of sp³-hybridized carbons (Fsp3) is 1.00. The molecule has 10 heteroatoms. The molecule has 8 aliphatic heterocycles. The van der Waals surface area contributed by atoms with E-state index >= 15 is 0 Å². The first-order valence-electron chi connectivity index (χ1n) is 24.3. The Morgan fingerprint density at radius 3 is 0.914 bits per heavy atom. The minimum atomic E-state index is -0.382. The van der Waals surface area contributed by atoms with Gasteiger partial charge in [-0.05, 0) is 217 Å². The lowest BCUT2D eigenvalue weighted by Crippen LogP contribution is -2.50. The van der Waals surface area contributed by atoms with Crippen LogP contribution in [-0.4, -0.2) is 236 Å². The van der Waals surface area contributed by atoms with Crippen molar-refractivity contribution in [3.8, 4) is 0 Å². The van der Waals surface area contributed by atoms with Gasteiger partial charge in [-0.25, -0.2) is 0 Å². The molecule has 348 valence electrons. The second-order valence-corrected chi connectivity index (χ2v) is 20.8. The average Bonchev–Trinajstić information content (AvgIpc) is 3.66. The van der Waals surface area contributed by atoms with Gasteiger partial charge >= 0.3 is 0 Å². The highest BCUT2D eigenvalue weighted by atomic mass is 16.3. The van der Waals surface area contributed by atoms with Crippen molar-refractivity contribution in [3.05, 3.63) is 0 Å². The summed E-state index contributed by atoms with van der Waals surface area (Å²) < 4.78 is 0. The molecule has 8 rings (SSSR count). The highest BCUT2D eigenvalue weighted by Crippen LogP contribution is 2.26. The highest BCUT2D eigenvalue weighted by Gasteiger charge is 2.30. The van der Waals surface area contributed by atoms with Crippen molar-refractivity contribution < 1.29 is 5.11 Å². The summed E-state index contributed by atoms with van der Waals surface area (Å²) in [6.07, 6.45) is 17.4. The summed E-state index contributed by atoms with van der Waals surface area (Å²) in [6.45, 7) is 35.1. The second kappa shape index (κ2) is 32.3. The van der Waals surface area contributed by atoms with Crippen LogP contribution >= 0.6 is 0 Å². The number of rotatable bonds is 1. The fourth-order valence-corrected chi connectivity index (χ4v) is 8.27. The largest absolute Gasteiger partial charge is 0.390 e. The van der Waals surface area contributed by atoms with E-state index < -0.39 is 0 Å². The molecule has 0 radical (unpaired) electrons. The van der Waals surface area contributed by atoms with Gasteiger partial charge in [-0.1, -0.05) is 40.5 Å². The highest BCUT2D eigenvalue weighted by molar-refractivity contribution is 4.84. The third-order valence-electron chi connectivity index (χ3n) is 13.1. The van der Waals surface area contributed by atoms with Gasteiger partial charge in [0.25, 0.3) is 0 Å². The molecule has 8 heterocycles. The molecule has 0 aromatic rings.